The lowest BCUT2D eigenvalue weighted by molar-refractivity contribution is 0.0304. The molecular weight excluding hydrogens is 395 g/mol. The van der Waals surface area contributed by atoms with Crippen molar-refractivity contribution in [2.75, 3.05) is 26.3 Å². The zero-order chi connectivity index (χ0) is 21.2. The maximum atomic E-state index is 13.7. The molecule has 1 saturated heterocycles. The van der Waals surface area contributed by atoms with Gasteiger partial charge in [0, 0.05) is 18.7 Å². The van der Waals surface area contributed by atoms with Crippen molar-refractivity contribution in [3.63, 3.8) is 0 Å². The van der Waals surface area contributed by atoms with E-state index in [1.807, 2.05) is 42.5 Å². The molecule has 0 atom stereocenters. The number of morpholine rings is 1. The second-order valence-corrected chi connectivity index (χ2v) is 7.50. The summed E-state index contributed by atoms with van der Waals surface area (Å²) >= 11 is 0. The molecule has 3 heterocycles. The fourth-order valence-corrected chi connectivity index (χ4v) is 3.84. The standard InChI is InChI=1S/C24H21FN4O2/c25-19-8-4-5-17(13-19)16-29-23-21(15-26-29)20(24(30)28-9-11-31-12-10-28)14-22(27-23)18-6-2-1-3-7-18/h1-8,13-15H,9-12,16H2. The van der Waals surface area contributed by atoms with Gasteiger partial charge in [-0.05, 0) is 23.8 Å². The molecule has 31 heavy (non-hydrogen) atoms. The van der Waals surface area contributed by atoms with Gasteiger partial charge < -0.3 is 9.64 Å². The average molecular weight is 416 g/mol. The Morgan fingerprint density at radius 1 is 1.03 bits per heavy atom. The molecule has 1 amide bonds. The van der Waals surface area contributed by atoms with Gasteiger partial charge in [0.15, 0.2) is 5.65 Å². The molecule has 6 nitrogen and oxygen atoms in total. The molecule has 0 radical (unpaired) electrons. The van der Waals surface area contributed by atoms with Crippen LogP contribution in [-0.4, -0.2) is 51.9 Å². The van der Waals surface area contributed by atoms with E-state index < -0.39 is 0 Å². The zero-order valence-electron chi connectivity index (χ0n) is 16.9. The topological polar surface area (TPSA) is 60.2 Å². The maximum absolute atomic E-state index is 13.7. The Hall–Kier alpha value is -3.58. The molecule has 2 aromatic heterocycles. The summed E-state index contributed by atoms with van der Waals surface area (Å²) in [4.78, 5) is 20.0. The summed E-state index contributed by atoms with van der Waals surface area (Å²) in [6.45, 7) is 2.54. The average Bonchev–Trinajstić information content (AvgIpc) is 3.22. The Labute approximate surface area is 178 Å². The van der Waals surface area contributed by atoms with E-state index in [1.54, 1.807) is 21.8 Å². The van der Waals surface area contributed by atoms with E-state index in [9.17, 15) is 9.18 Å². The minimum Gasteiger partial charge on any atom is -0.378 e. The first-order chi connectivity index (χ1) is 15.2. The number of ether oxygens (including phenoxy) is 1. The minimum absolute atomic E-state index is 0.0572. The molecule has 2 aromatic carbocycles. The van der Waals surface area contributed by atoms with Crippen LogP contribution >= 0.6 is 0 Å². The molecule has 1 aliphatic rings. The number of amides is 1. The van der Waals surface area contributed by atoms with Gasteiger partial charge in [-0.15, -0.1) is 0 Å². The molecule has 0 spiro atoms. The summed E-state index contributed by atoms with van der Waals surface area (Å²) in [5.74, 6) is -0.353. The first-order valence-electron chi connectivity index (χ1n) is 10.2. The van der Waals surface area contributed by atoms with Gasteiger partial charge in [-0.2, -0.15) is 5.10 Å². The lowest BCUT2D eigenvalue weighted by Gasteiger charge is -2.27. The molecule has 0 aliphatic carbocycles. The van der Waals surface area contributed by atoms with Crippen molar-refractivity contribution in [3.8, 4) is 11.3 Å². The molecule has 4 aromatic rings. The molecule has 0 bridgehead atoms. The number of hydrogen-bond donors (Lipinski definition) is 0. The highest BCUT2D eigenvalue weighted by Crippen LogP contribution is 2.26. The summed E-state index contributed by atoms with van der Waals surface area (Å²) in [5, 5.41) is 5.17. The van der Waals surface area contributed by atoms with Gasteiger partial charge in [0.25, 0.3) is 5.91 Å². The number of carbonyl (C=O) groups excluding carboxylic acids is 1. The number of benzene rings is 2. The zero-order valence-corrected chi connectivity index (χ0v) is 16.9. The Balaban J connectivity index is 1.63. The summed E-state index contributed by atoms with van der Waals surface area (Å²) in [5.41, 5.74) is 3.56. The van der Waals surface area contributed by atoms with E-state index in [0.29, 0.717) is 55.1 Å². The van der Waals surface area contributed by atoms with Crippen LogP contribution in [0.4, 0.5) is 4.39 Å². The van der Waals surface area contributed by atoms with Crippen molar-refractivity contribution in [3.05, 3.63) is 83.8 Å². The first-order valence-corrected chi connectivity index (χ1v) is 10.2. The molecule has 0 N–H and O–H groups in total. The Kier molecular flexibility index (Phi) is 5.18. The van der Waals surface area contributed by atoms with Crippen LogP contribution < -0.4 is 0 Å². The van der Waals surface area contributed by atoms with Crippen LogP contribution in [0, 0.1) is 5.82 Å². The van der Waals surface area contributed by atoms with E-state index in [1.165, 1.54) is 12.1 Å². The van der Waals surface area contributed by atoms with Crippen molar-refractivity contribution in [2.24, 2.45) is 0 Å². The molecular formula is C24H21FN4O2. The van der Waals surface area contributed by atoms with Crippen LogP contribution in [0.3, 0.4) is 0 Å². The lowest BCUT2D eigenvalue weighted by Crippen LogP contribution is -2.40. The van der Waals surface area contributed by atoms with Crippen molar-refractivity contribution in [1.29, 1.82) is 0 Å². The van der Waals surface area contributed by atoms with Crippen LogP contribution in [0.1, 0.15) is 15.9 Å². The third-order valence-electron chi connectivity index (χ3n) is 5.43. The van der Waals surface area contributed by atoms with Gasteiger partial charge in [-0.25, -0.2) is 14.1 Å². The van der Waals surface area contributed by atoms with Gasteiger partial charge in [-0.3, -0.25) is 4.79 Å². The number of fused-ring (bicyclic) bond motifs is 1. The molecule has 5 rings (SSSR count). The number of rotatable bonds is 4. The lowest BCUT2D eigenvalue weighted by atomic mass is 10.1. The fraction of sp³-hybridized carbons (Fsp3) is 0.208. The molecule has 1 fully saturated rings. The van der Waals surface area contributed by atoms with Gasteiger partial charge in [0.05, 0.1) is 42.6 Å². The number of hydrogen-bond acceptors (Lipinski definition) is 4. The van der Waals surface area contributed by atoms with Crippen LogP contribution in [0.5, 0.6) is 0 Å². The maximum Gasteiger partial charge on any atom is 0.254 e. The molecule has 0 unspecified atom stereocenters. The Bertz CT molecular complexity index is 1230. The highest BCUT2D eigenvalue weighted by atomic mass is 19.1. The van der Waals surface area contributed by atoms with E-state index in [2.05, 4.69) is 5.10 Å². The minimum atomic E-state index is -0.296. The molecule has 0 saturated carbocycles. The smallest absolute Gasteiger partial charge is 0.254 e. The Morgan fingerprint density at radius 2 is 1.84 bits per heavy atom. The van der Waals surface area contributed by atoms with Crippen molar-refractivity contribution in [1.82, 2.24) is 19.7 Å². The molecule has 1 aliphatic heterocycles. The van der Waals surface area contributed by atoms with Crippen LogP contribution in [-0.2, 0) is 11.3 Å². The van der Waals surface area contributed by atoms with Gasteiger partial charge >= 0.3 is 0 Å². The van der Waals surface area contributed by atoms with Crippen molar-refractivity contribution < 1.29 is 13.9 Å². The Morgan fingerprint density at radius 3 is 2.61 bits per heavy atom. The summed E-state index contributed by atoms with van der Waals surface area (Å²) in [6, 6.07) is 18.0. The van der Waals surface area contributed by atoms with E-state index in [4.69, 9.17) is 9.72 Å². The second kappa shape index (κ2) is 8.28. The normalized spacial score (nSPS) is 14.2. The highest BCUT2D eigenvalue weighted by Gasteiger charge is 2.23. The highest BCUT2D eigenvalue weighted by molar-refractivity contribution is 6.06. The summed E-state index contributed by atoms with van der Waals surface area (Å²) in [7, 11) is 0. The second-order valence-electron chi connectivity index (χ2n) is 7.50. The largest absolute Gasteiger partial charge is 0.378 e. The number of aromatic nitrogens is 3. The third-order valence-corrected chi connectivity index (χ3v) is 5.43. The predicted molar refractivity (Wildman–Crippen MR) is 115 cm³/mol. The molecule has 156 valence electrons. The molecule has 7 heteroatoms. The predicted octanol–water partition coefficient (Wildman–Crippen LogP) is 3.76. The van der Waals surface area contributed by atoms with Crippen molar-refractivity contribution >= 4 is 16.9 Å². The van der Waals surface area contributed by atoms with E-state index in [-0.39, 0.29) is 11.7 Å². The number of nitrogens with zero attached hydrogens (tertiary/aromatic N) is 4. The first kappa shape index (κ1) is 19.4. The number of halogens is 1. The van der Waals surface area contributed by atoms with Crippen molar-refractivity contribution in [2.45, 2.75) is 6.54 Å². The number of carbonyl (C=O) groups is 1. The fourth-order valence-electron chi connectivity index (χ4n) is 3.84. The van der Waals surface area contributed by atoms with Crippen LogP contribution in [0.2, 0.25) is 0 Å². The summed E-state index contributed by atoms with van der Waals surface area (Å²) < 4.78 is 20.8. The third kappa shape index (κ3) is 3.92. The summed E-state index contributed by atoms with van der Waals surface area (Å²) in [6.07, 6.45) is 1.67. The van der Waals surface area contributed by atoms with Gasteiger partial charge in [0.1, 0.15) is 5.82 Å². The number of pyridine rings is 1. The van der Waals surface area contributed by atoms with E-state index in [0.717, 1.165) is 11.1 Å². The SMILES string of the molecule is O=C(c1cc(-c2ccccc2)nc2c1cnn2Cc1cccc(F)c1)N1CCOCC1. The van der Waals surface area contributed by atoms with E-state index >= 15 is 0 Å². The van der Waals surface area contributed by atoms with Gasteiger partial charge in [0.2, 0.25) is 0 Å². The van der Waals surface area contributed by atoms with Crippen LogP contribution in [0.15, 0.2) is 66.9 Å². The van der Waals surface area contributed by atoms with Crippen LogP contribution in [0.25, 0.3) is 22.3 Å². The quantitative estimate of drug-likeness (QED) is 0.508. The van der Waals surface area contributed by atoms with Gasteiger partial charge in [-0.1, -0.05) is 42.5 Å². The monoisotopic (exact) mass is 416 g/mol.